The zero-order valence-corrected chi connectivity index (χ0v) is 12.2. The zero-order valence-electron chi connectivity index (χ0n) is 11.4. The lowest BCUT2D eigenvalue weighted by Gasteiger charge is -2.18. The molecule has 2 unspecified atom stereocenters. The molecule has 1 N–H and O–H groups in total. The van der Waals surface area contributed by atoms with Crippen molar-refractivity contribution in [2.45, 2.75) is 50.8 Å². The summed E-state index contributed by atoms with van der Waals surface area (Å²) in [5, 5.41) is 10.5. The summed E-state index contributed by atoms with van der Waals surface area (Å²) in [6, 6.07) is -0.0486. The Labute approximate surface area is 113 Å². The van der Waals surface area contributed by atoms with Crippen molar-refractivity contribution in [2.24, 2.45) is 0 Å². The van der Waals surface area contributed by atoms with Crippen LogP contribution in [0.2, 0.25) is 0 Å². The van der Waals surface area contributed by atoms with E-state index < -0.39 is 15.1 Å². The molecular weight excluding hydrogens is 266 g/mol. The Balaban J connectivity index is 2.12. The van der Waals surface area contributed by atoms with Crippen LogP contribution in [0.25, 0.3) is 0 Å². The number of hydrogen-bond donors (Lipinski definition) is 1. The summed E-state index contributed by atoms with van der Waals surface area (Å²) in [5.74, 6) is 0.933. The number of nitrogens with zero attached hydrogens (tertiary/aromatic N) is 2. The maximum absolute atomic E-state index is 12.0. The van der Waals surface area contributed by atoms with Crippen molar-refractivity contribution < 1.29 is 12.8 Å². The minimum Gasteiger partial charge on any atom is -0.422 e. The van der Waals surface area contributed by atoms with Crippen molar-refractivity contribution in [3.05, 3.63) is 11.8 Å². The molecule has 0 saturated carbocycles. The summed E-state index contributed by atoms with van der Waals surface area (Å²) in [4.78, 5) is 0. The molecule has 19 heavy (non-hydrogen) atoms. The van der Waals surface area contributed by atoms with Gasteiger partial charge in [0, 0.05) is 0 Å². The van der Waals surface area contributed by atoms with Crippen LogP contribution in [0, 0.1) is 0 Å². The van der Waals surface area contributed by atoms with Gasteiger partial charge in [-0.15, -0.1) is 10.2 Å². The number of nitrogens with one attached hydrogen (secondary N) is 1. The number of rotatable bonds is 5. The van der Waals surface area contributed by atoms with Gasteiger partial charge in [-0.3, -0.25) is 0 Å². The Bertz CT molecular complexity index is 512. The van der Waals surface area contributed by atoms with Crippen molar-refractivity contribution in [1.29, 1.82) is 0 Å². The van der Waals surface area contributed by atoms with Crippen molar-refractivity contribution in [1.82, 2.24) is 15.5 Å². The Morgan fingerprint density at radius 2 is 2.21 bits per heavy atom. The number of aromatic nitrogens is 2. The summed E-state index contributed by atoms with van der Waals surface area (Å²) in [6.45, 7) is 4.87. The van der Waals surface area contributed by atoms with E-state index in [0.29, 0.717) is 12.3 Å². The Morgan fingerprint density at radius 3 is 2.89 bits per heavy atom. The lowest BCUT2D eigenvalue weighted by Crippen LogP contribution is -2.22. The van der Waals surface area contributed by atoms with Gasteiger partial charge in [-0.05, 0) is 32.7 Å². The smallest absolute Gasteiger partial charge is 0.234 e. The van der Waals surface area contributed by atoms with Crippen LogP contribution < -0.4 is 5.32 Å². The molecule has 0 spiro atoms. The monoisotopic (exact) mass is 287 g/mol. The van der Waals surface area contributed by atoms with Gasteiger partial charge in [0.25, 0.3) is 0 Å². The van der Waals surface area contributed by atoms with Gasteiger partial charge >= 0.3 is 0 Å². The SMILES string of the molecule is CCCNC(C)c1nnc(C2CCCCS2(=O)=O)o1. The molecule has 0 amide bonds. The van der Waals surface area contributed by atoms with Crippen LogP contribution in [0.3, 0.4) is 0 Å². The van der Waals surface area contributed by atoms with E-state index >= 15 is 0 Å². The molecule has 0 radical (unpaired) electrons. The molecule has 1 aliphatic heterocycles. The molecule has 0 aliphatic carbocycles. The first-order chi connectivity index (χ1) is 9.04. The summed E-state index contributed by atoms with van der Waals surface area (Å²) in [6.07, 6.45) is 3.22. The maximum atomic E-state index is 12.0. The Kier molecular flexibility index (Phi) is 4.57. The molecular formula is C12H21N3O3S. The van der Waals surface area contributed by atoms with E-state index in [4.69, 9.17) is 4.42 Å². The van der Waals surface area contributed by atoms with Crippen molar-refractivity contribution in [2.75, 3.05) is 12.3 Å². The Morgan fingerprint density at radius 1 is 1.42 bits per heavy atom. The zero-order chi connectivity index (χ0) is 13.9. The van der Waals surface area contributed by atoms with Gasteiger partial charge in [-0.2, -0.15) is 0 Å². The average Bonchev–Trinajstić information content (AvgIpc) is 2.84. The van der Waals surface area contributed by atoms with Crippen LogP contribution in [0.5, 0.6) is 0 Å². The van der Waals surface area contributed by atoms with Crippen LogP contribution in [0.1, 0.15) is 62.6 Å². The first-order valence-corrected chi connectivity index (χ1v) is 8.54. The van der Waals surface area contributed by atoms with Crippen molar-refractivity contribution >= 4 is 9.84 Å². The average molecular weight is 287 g/mol. The van der Waals surface area contributed by atoms with E-state index in [1.54, 1.807) is 0 Å². The second-order valence-corrected chi connectivity index (χ2v) is 7.31. The van der Waals surface area contributed by atoms with Gasteiger partial charge in [0.05, 0.1) is 11.8 Å². The minimum absolute atomic E-state index is 0.0486. The topological polar surface area (TPSA) is 85.1 Å². The highest BCUT2D eigenvalue weighted by atomic mass is 32.2. The predicted molar refractivity (Wildman–Crippen MR) is 71.4 cm³/mol. The fourth-order valence-electron chi connectivity index (χ4n) is 2.23. The van der Waals surface area contributed by atoms with Crippen molar-refractivity contribution in [3.63, 3.8) is 0 Å². The summed E-state index contributed by atoms with van der Waals surface area (Å²) in [5.41, 5.74) is 0. The molecule has 1 aliphatic rings. The molecule has 2 rings (SSSR count). The largest absolute Gasteiger partial charge is 0.422 e. The Hall–Kier alpha value is -0.950. The quantitative estimate of drug-likeness (QED) is 0.888. The standard InChI is InChI=1S/C12H21N3O3S/c1-3-7-13-9(2)11-14-15-12(18-11)10-6-4-5-8-19(10,16)17/h9-10,13H,3-8H2,1-2H3. The van der Waals surface area contributed by atoms with E-state index in [0.717, 1.165) is 25.8 Å². The number of sulfone groups is 1. The van der Waals surface area contributed by atoms with Gasteiger partial charge in [0.2, 0.25) is 11.8 Å². The molecule has 1 aromatic heterocycles. The van der Waals surface area contributed by atoms with Gasteiger partial charge in [0.15, 0.2) is 9.84 Å². The number of hydrogen-bond acceptors (Lipinski definition) is 6. The lowest BCUT2D eigenvalue weighted by molar-refractivity contribution is 0.381. The van der Waals surface area contributed by atoms with E-state index in [1.165, 1.54) is 0 Å². The fraction of sp³-hybridized carbons (Fsp3) is 0.833. The van der Waals surface area contributed by atoms with Crippen molar-refractivity contribution in [3.8, 4) is 0 Å². The van der Waals surface area contributed by atoms with Crippen LogP contribution in [0.15, 0.2) is 4.42 Å². The summed E-state index contributed by atoms with van der Waals surface area (Å²) in [7, 11) is -3.12. The van der Waals surface area contributed by atoms with E-state index in [-0.39, 0.29) is 17.7 Å². The van der Waals surface area contributed by atoms with Crippen LogP contribution in [-0.4, -0.2) is 30.9 Å². The highest BCUT2D eigenvalue weighted by Crippen LogP contribution is 2.32. The third-order valence-corrected chi connectivity index (χ3v) is 5.54. The van der Waals surface area contributed by atoms with Gasteiger partial charge in [-0.1, -0.05) is 13.3 Å². The molecule has 6 nitrogen and oxygen atoms in total. The fourth-order valence-corrected chi connectivity index (χ4v) is 4.05. The third-order valence-electron chi connectivity index (χ3n) is 3.38. The first-order valence-electron chi connectivity index (χ1n) is 6.83. The first kappa shape index (κ1) is 14.5. The normalized spacial score (nSPS) is 24.2. The highest BCUT2D eigenvalue weighted by Gasteiger charge is 2.34. The molecule has 0 bridgehead atoms. The van der Waals surface area contributed by atoms with E-state index in [9.17, 15) is 8.42 Å². The molecule has 0 aromatic carbocycles. The van der Waals surface area contributed by atoms with E-state index in [1.807, 2.05) is 6.92 Å². The van der Waals surface area contributed by atoms with Gasteiger partial charge in [0.1, 0.15) is 5.25 Å². The lowest BCUT2D eigenvalue weighted by atomic mass is 10.2. The van der Waals surface area contributed by atoms with Crippen LogP contribution in [0.4, 0.5) is 0 Å². The summed E-state index contributed by atoms with van der Waals surface area (Å²) >= 11 is 0. The second kappa shape index (κ2) is 6.00. The third kappa shape index (κ3) is 3.33. The minimum atomic E-state index is -3.12. The molecule has 108 valence electrons. The summed E-state index contributed by atoms with van der Waals surface area (Å²) < 4.78 is 29.5. The van der Waals surface area contributed by atoms with Gasteiger partial charge < -0.3 is 9.73 Å². The highest BCUT2D eigenvalue weighted by molar-refractivity contribution is 7.91. The van der Waals surface area contributed by atoms with Crippen LogP contribution >= 0.6 is 0 Å². The second-order valence-electron chi connectivity index (χ2n) is 5.01. The molecule has 1 saturated heterocycles. The molecule has 1 fully saturated rings. The maximum Gasteiger partial charge on any atom is 0.234 e. The van der Waals surface area contributed by atoms with Crippen LogP contribution in [-0.2, 0) is 9.84 Å². The van der Waals surface area contributed by atoms with Gasteiger partial charge in [-0.25, -0.2) is 8.42 Å². The van der Waals surface area contributed by atoms with E-state index in [2.05, 4.69) is 22.4 Å². The predicted octanol–water partition coefficient (Wildman–Crippen LogP) is 1.77. The molecule has 7 heteroatoms. The molecule has 2 heterocycles. The molecule has 2 atom stereocenters. The molecule has 1 aromatic rings.